The lowest BCUT2D eigenvalue weighted by molar-refractivity contribution is -0.0258. The number of hydroxylamine groups is 1. The molecular formula is C17H16N2O5S. The third kappa shape index (κ3) is 4.42. The molecular weight excluding hydrogens is 344 g/mol. The quantitative estimate of drug-likeness (QED) is 0.578. The number of carbonyl (C=O) groups excluding carboxylic acids is 1. The van der Waals surface area contributed by atoms with E-state index in [0.29, 0.717) is 15.6 Å². The van der Waals surface area contributed by atoms with E-state index in [9.17, 15) is 13.2 Å². The molecule has 0 aliphatic carbocycles. The average molecular weight is 360 g/mol. The zero-order valence-electron chi connectivity index (χ0n) is 13.7. The first-order valence-corrected chi connectivity index (χ1v) is 8.61. The molecule has 2 aromatic carbocycles. The minimum atomic E-state index is -3.85. The van der Waals surface area contributed by atoms with Gasteiger partial charge >= 0.3 is 5.97 Å². The summed E-state index contributed by atoms with van der Waals surface area (Å²) in [6.07, 6.45) is 0. The Kier molecular flexibility index (Phi) is 5.88. The molecule has 0 atom stereocenters. The van der Waals surface area contributed by atoms with Gasteiger partial charge in [-0.15, -0.1) is 0 Å². The van der Waals surface area contributed by atoms with Crippen LogP contribution in [0.15, 0.2) is 53.4 Å². The van der Waals surface area contributed by atoms with Crippen molar-refractivity contribution in [2.75, 3.05) is 14.2 Å². The Morgan fingerprint density at radius 2 is 1.92 bits per heavy atom. The Labute approximate surface area is 146 Å². The number of esters is 1. The number of carbonyl (C=O) groups is 1. The zero-order valence-corrected chi connectivity index (χ0v) is 14.5. The van der Waals surface area contributed by atoms with Gasteiger partial charge in [-0.1, -0.05) is 22.7 Å². The standard InChI is InChI=1S/C17H16N2O5S/c1-19(23-2)25(21,22)16-8-4-7-15(10-16)17(20)24-12-14-6-3-5-13(9-14)11-18/h3-10H,12H2,1-2H3. The van der Waals surface area contributed by atoms with Gasteiger partial charge in [-0.25, -0.2) is 13.2 Å². The fourth-order valence-electron chi connectivity index (χ4n) is 1.99. The molecule has 0 N–H and O–H groups in total. The highest BCUT2D eigenvalue weighted by molar-refractivity contribution is 7.89. The smallest absolute Gasteiger partial charge is 0.338 e. The van der Waals surface area contributed by atoms with Gasteiger partial charge in [-0.2, -0.15) is 5.26 Å². The van der Waals surface area contributed by atoms with Gasteiger partial charge in [0.05, 0.1) is 29.2 Å². The van der Waals surface area contributed by atoms with Crippen LogP contribution in [-0.2, 0) is 26.2 Å². The summed E-state index contributed by atoms with van der Waals surface area (Å²) in [6, 6.07) is 14.2. The lowest BCUT2D eigenvalue weighted by Gasteiger charge is -2.14. The van der Waals surface area contributed by atoms with Crippen LogP contribution in [-0.4, -0.2) is 33.0 Å². The van der Waals surface area contributed by atoms with E-state index >= 15 is 0 Å². The first kappa shape index (κ1) is 18.6. The molecule has 0 spiro atoms. The van der Waals surface area contributed by atoms with Gasteiger partial charge in [0.25, 0.3) is 10.0 Å². The van der Waals surface area contributed by atoms with Crippen molar-refractivity contribution in [1.29, 1.82) is 5.26 Å². The van der Waals surface area contributed by atoms with E-state index in [1.807, 2.05) is 6.07 Å². The fourth-order valence-corrected chi connectivity index (χ4v) is 3.01. The molecule has 0 aliphatic rings. The number of sulfonamides is 1. The second kappa shape index (κ2) is 7.90. The van der Waals surface area contributed by atoms with Crippen LogP contribution in [0.25, 0.3) is 0 Å². The normalized spacial score (nSPS) is 11.1. The molecule has 2 rings (SSSR count). The summed E-state index contributed by atoms with van der Waals surface area (Å²) in [5, 5.41) is 8.86. The second-order valence-electron chi connectivity index (χ2n) is 5.01. The predicted molar refractivity (Wildman–Crippen MR) is 88.7 cm³/mol. The van der Waals surface area contributed by atoms with E-state index in [0.717, 1.165) is 0 Å². The van der Waals surface area contributed by atoms with Crippen molar-refractivity contribution in [3.63, 3.8) is 0 Å². The van der Waals surface area contributed by atoms with Crippen LogP contribution in [0.4, 0.5) is 0 Å². The summed E-state index contributed by atoms with van der Waals surface area (Å²) in [5.74, 6) is -0.667. The maximum absolute atomic E-state index is 12.2. The van der Waals surface area contributed by atoms with Crippen LogP contribution < -0.4 is 0 Å². The first-order valence-electron chi connectivity index (χ1n) is 7.17. The van der Waals surface area contributed by atoms with Gasteiger partial charge in [0, 0.05) is 7.05 Å². The van der Waals surface area contributed by atoms with E-state index in [4.69, 9.17) is 14.8 Å². The van der Waals surface area contributed by atoms with Crippen molar-refractivity contribution < 1.29 is 22.8 Å². The number of rotatable bonds is 6. The van der Waals surface area contributed by atoms with E-state index < -0.39 is 16.0 Å². The summed E-state index contributed by atoms with van der Waals surface area (Å²) in [6.45, 7) is -0.0245. The van der Waals surface area contributed by atoms with E-state index in [-0.39, 0.29) is 17.1 Å². The molecule has 2 aromatic rings. The fraction of sp³-hybridized carbons (Fsp3) is 0.176. The molecule has 0 aromatic heterocycles. The topological polar surface area (TPSA) is 96.7 Å². The zero-order chi connectivity index (χ0) is 18.4. The molecule has 25 heavy (non-hydrogen) atoms. The highest BCUT2D eigenvalue weighted by Gasteiger charge is 2.22. The highest BCUT2D eigenvalue weighted by Crippen LogP contribution is 2.17. The van der Waals surface area contributed by atoms with Crippen molar-refractivity contribution in [2.24, 2.45) is 0 Å². The molecule has 0 heterocycles. The Morgan fingerprint density at radius 1 is 1.20 bits per heavy atom. The van der Waals surface area contributed by atoms with Crippen molar-refractivity contribution in [3.8, 4) is 6.07 Å². The van der Waals surface area contributed by atoms with Crippen LogP contribution in [0.1, 0.15) is 21.5 Å². The Morgan fingerprint density at radius 3 is 2.60 bits per heavy atom. The summed E-state index contributed by atoms with van der Waals surface area (Å²) in [5.41, 5.74) is 1.22. The minimum Gasteiger partial charge on any atom is -0.457 e. The largest absolute Gasteiger partial charge is 0.457 e. The molecule has 8 heteroatoms. The first-order chi connectivity index (χ1) is 11.9. The van der Waals surface area contributed by atoms with Gasteiger partial charge in [-0.05, 0) is 35.9 Å². The summed E-state index contributed by atoms with van der Waals surface area (Å²) in [4.78, 5) is 16.8. The number of nitrogens with zero attached hydrogens (tertiary/aromatic N) is 2. The number of hydrogen-bond donors (Lipinski definition) is 0. The van der Waals surface area contributed by atoms with Gasteiger partial charge in [0.15, 0.2) is 0 Å². The van der Waals surface area contributed by atoms with E-state index in [1.54, 1.807) is 24.3 Å². The highest BCUT2D eigenvalue weighted by atomic mass is 32.2. The van der Waals surface area contributed by atoms with Crippen LogP contribution >= 0.6 is 0 Å². The molecule has 0 amide bonds. The Balaban J connectivity index is 2.15. The molecule has 0 aliphatic heterocycles. The second-order valence-corrected chi connectivity index (χ2v) is 6.95. The van der Waals surface area contributed by atoms with Crippen molar-refractivity contribution >= 4 is 16.0 Å². The third-order valence-electron chi connectivity index (χ3n) is 3.39. The molecule has 0 fully saturated rings. The van der Waals surface area contributed by atoms with Crippen LogP contribution in [0.3, 0.4) is 0 Å². The summed E-state index contributed by atoms with van der Waals surface area (Å²) < 4.78 is 30.3. The number of nitriles is 1. The molecule has 0 unspecified atom stereocenters. The minimum absolute atomic E-state index is 0.0245. The monoisotopic (exact) mass is 360 g/mol. The number of ether oxygens (including phenoxy) is 1. The molecule has 0 bridgehead atoms. The predicted octanol–water partition coefficient (Wildman–Crippen LogP) is 2.10. The molecule has 0 saturated heterocycles. The Hall–Kier alpha value is -2.73. The Bertz CT molecular complexity index is 919. The van der Waals surface area contributed by atoms with Crippen molar-refractivity contribution in [3.05, 3.63) is 65.2 Å². The van der Waals surface area contributed by atoms with Crippen LogP contribution in [0.5, 0.6) is 0 Å². The molecule has 0 saturated carbocycles. The van der Waals surface area contributed by atoms with Gasteiger partial charge in [0.1, 0.15) is 6.61 Å². The van der Waals surface area contributed by atoms with Gasteiger partial charge < -0.3 is 4.74 Å². The maximum Gasteiger partial charge on any atom is 0.338 e. The molecule has 0 radical (unpaired) electrons. The SMILES string of the molecule is CON(C)S(=O)(=O)c1cccc(C(=O)OCc2cccc(C#N)c2)c1. The average Bonchev–Trinajstić information content (AvgIpc) is 2.65. The lowest BCUT2D eigenvalue weighted by atomic mass is 10.1. The van der Waals surface area contributed by atoms with Crippen LogP contribution in [0.2, 0.25) is 0 Å². The third-order valence-corrected chi connectivity index (χ3v) is 5.06. The van der Waals surface area contributed by atoms with E-state index in [1.165, 1.54) is 38.4 Å². The summed E-state index contributed by atoms with van der Waals surface area (Å²) in [7, 11) is -1.37. The lowest BCUT2D eigenvalue weighted by Crippen LogP contribution is -2.25. The number of benzene rings is 2. The summed E-state index contributed by atoms with van der Waals surface area (Å²) >= 11 is 0. The maximum atomic E-state index is 12.2. The van der Waals surface area contributed by atoms with Crippen molar-refractivity contribution in [2.45, 2.75) is 11.5 Å². The molecule has 7 nitrogen and oxygen atoms in total. The van der Waals surface area contributed by atoms with Gasteiger partial charge in [0.2, 0.25) is 0 Å². The number of hydrogen-bond acceptors (Lipinski definition) is 6. The van der Waals surface area contributed by atoms with Crippen LogP contribution in [0, 0.1) is 11.3 Å². The van der Waals surface area contributed by atoms with Gasteiger partial charge in [-0.3, -0.25) is 4.84 Å². The molecule has 130 valence electrons. The van der Waals surface area contributed by atoms with E-state index in [2.05, 4.69) is 0 Å². The van der Waals surface area contributed by atoms with Crippen molar-refractivity contribution in [1.82, 2.24) is 4.47 Å².